The van der Waals surface area contributed by atoms with Crippen LogP contribution >= 0.6 is 0 Å². The summed E-state index contributed by atoms with van der Waals surface area (Å²) in [5, 5.41) is 2.57. The molecule has 0 amide bonds. The van der Waals surface area contributed by atoms with E-state index in [1.807, 2.05) is 0 Å². The van der Waals surface area contributed by atoms with E-state index in [9.17, 15) is 0 Å². The summed E-state index contributed by atoms with van der Waals surface area (Å²) in [6, 6.07) is 97.2. The minimum absolute atomic E-state index is 0.220. The van der Waals surface area contributed by atoms with E-state index in [1.54, 1.807) is 0 Å². The van der Waals surface area contributed by atoms with Crippen molar-refractivity contribution in [2.75, 3.05) is 9.80 Å². The molecule has 1 aliphatic carbocycles. The van der Waals surface area contributed by atoms with Crippen LogP contribution in [0.3, 0.4) is 0 Å². The van der Waals surface area contributed by atoms with Crippen molar-refractivity contribution >= 4 is 44.9 Å². The van der Waals surface area contributed by atoms with E-state index in [4.69, 9.17) is 0 Å². The van der Waals surface area contributed by atoms with Gasteiger partial charge in [-0.3, -0.25) is 0 Å². The molecule has 1 aliphatic rings. The third-order valence-corrected chi connectivity index (χ3v) is 14.0. The molecule has 0 radical (unpaired) electrons. The van der Waals surface area contributed by atoms with Crippen LogP contribution in [0.1, 0.15) is 25.0 Å². The van der Waals surface area contributed by atoms with Crippen molar-refractivity contribution in [2.45, 2.75) is 19.3 Å². The molecule has 0 fully saturated rings. The lowest BCUT2D eigenvalue weighted by Gasteiger charge is -2.32. The van der Waals surface area contributed by atoms with Crippen LogP contribution in [0.2, 0.25) is 0 Å². The minimum Gasteiger partial charge on any atom is -0.311 e. The molecule has 0 spiro atoms. The van der Waals surface area contributed by atoms with Gasteiger partial charge in [-0.2, -0.15) is 0 Å². The normalized spacial score (nSPS) is 12.3. The maximum atomic E-state index is 2.45. The molecule has 0 N–H and O–H groups in total. The third kappa shape index (κ3) is 7.48. The summed E-state index contributed by atoms with van der Waals surface area (Å²) < 4.78 is 0. The van der Waals surface area contributed by atoms with Crippen LogP contribution in [0, 0.1) is 0 Å². The predicted molar refractivity (Wildman–Crippen MR) is 293 cm³/mol. The molecular weight excluding hydrogens is 833 g/mol. The molecule has 0 unspecified atom stereocenters. The molecule has 0 saturated heterocycles. The van der Waals surface area contributed by atoms with E-state index < -0.39 is 0 Å². The predicted octanol–water partition coefficient (Wildman–Crippen LogP) is 18.8. The highest BCUT2D eigenvalue weighted by atomic mass is 15.1. The maximum Gasteiger partial charge on any atom is 0.0508 e. The van der Waals surface area contributed by atoms with Crippen molar-refractivity contribution in [3.63, 3.8) is 0 Å². The fourth-order valence-electron chi connectivity index (χ4n) is 10.8. The summed E-state index contributed by atoms with van der Waals surface area (Å²) in [7, 11) is 0. The Kier molecular flexibility index (Phi) is 10.6. The Bertz CT molecular complexity index is 3550. The third-order valence-electron chi connectivity index (χ3n) is 14.0. The van der Waals surface area contributed by atoms with Gasteiger partial charge in [-0.05, 0) is 156 Å². The molecule has 2 heteroatoms. The lowest BCUT2D eigenvalue weighted by Crippen LogP contribution is -2.20. The standard InChI is InChI=1S/C67H50N2/c1-67(2)63-44-39-49-25-18-19-32-57(49)65(63)58-33-20-34-64(66(58)67)69(54-30-16-7-17-31-54)56-42-37-51(38-43-56)62-46-59(47-21-8-3-9-22-47)61(45-60(62)48-23-10-4-11-24-48)50-35-40-55(41-36-50)68(52-26-12-5-13-27-52)53-28-14-6-15-29-53/h3-46H,1-2H3. The van der Waals surface area contributed by atoms with Crippen molar-refractivity contribution in [1.29, 1.82) is 0 Å². The number of rotatable bonds is 10. The Morgan fingerprint density at radius 1 is 0.290 bits per heavy atom. The van der Waals surface area contributed by atoms with Crippen LogP contribution in [0.25, 0.3) is 66.4 Å². The van der Waals surface area contributed by atoms with Crippen LogP contribution in [-0.4, -0.2) is 0 Å². The van der Waals surface area contributed by atoms with Crippen molar-refractivity contribution in [1.82, 2.24) is 0 Å². The average molecular weight is 883 g/mol. The molecule has 2 nitrogen and oxygen atoms in total. The van der Waals surface area contributed by atoms with Gasteiger partial charge in [0, 0.05) is 33.9 Å². The lowest BCUT2D eigenvalue weighted by molar-refractivity contribution is 0.661. The van der Waals surface area contributed by atoms with E-state index in [1.165, 1.54) is 72.1 Å². The second-order valence-electron chi connectivity index (χ2n) is 18.5. The molecule has 69 heavy (non-hydrogen) atoms. The van der Waals surface area contributed by atoms with E-state index in [0.717, 1.165) is 39.6 Å². The van der Waals surface area contributed by atoms with Crippen LogP contribution in [0.15, 0.2) is 267 Å². The van der Waals surface area contributed by atoms with Gasteiger partial charge in [-0.15, -0.1) is 0 Å². The maximum absolute atomic E-state index is 2.45. The van der Waals surface area contributed by atoms with Crippen molar-refractivity contribution in [3.8, 4) is 55.6 Å². The highest BCUT2D eigenvalue weighted by Crippen LogP contribution is 2.56. The van der Waals surface area contributed by atoms with Crippen LogP contribution in [-0.2, 0) is 5.41 Å². The first kappa shape index (κ1) is 41.7. The summed E-state index contributed by atoms with van der Waals surface area (Å²) in [5.74, 6) is 0. The van der Waals surface area contributed by atoms with E-state index >= 15 is 0 Å². The summed E-state index contributed by atoms with van der Waals surface area (Å²) in [4.78, 5) is 4.77. The Hall–Kier alpha value is -8.72. The van der Waals surface area contributed by atoms with Gasteiger partial charge < -0.3 is 9.80 Å². The van der Waals surface area contributed by atoms with Gasteiger partial charge in [0.25, 0.3) is 0 Å². The smallest absolute Gasteiger partial charge is 0.0508 e. The fourth-order valence-corrected chi connectivity index (χ4v) is 10.8. The number of hydrogen-bond acceptors (Lipinski definition) is 2. The molecule has 0 aliphatic heterocycles. The molecule has 0 bridgehead atoms. The molecule has 12 rings (SSSR count). The molecule has 328 valence electrons. The zero-order valence-corrected chi connectivity index (χ0v) is 38.8. The SMILES string of the molecule is CC1(C)c2ccc3ccccc3c2-c2cccc(N(c3ccccc3)c3ccc(-c4cc(-c5ccccc5)c(-c5ccc(N(c6ccccc6)c6ccccc6)cc5)cc4-c4ccccc4)cc3)c21. The molecule has 0 heterocycles. The van der Waals surface area contributed by atoms with Gasteiger partial charge >= 0.3 is 0 Å². The quantitative estimate of drug-likeness (QED) is 0.135. The molecule has 0 atom stereocenters. The number of hydrogen-bond donors (Lipinski definition) is 0. The summed E-state index contributed by atoms with van der Waals surface area (Å²) in [5.41, 5.74) is 21.3. The Labute approximate surface area is 405 Å². The first-order chi connectivity index (χ1) is 34.0. The summed E-state index contributed by atoms with van der Waals surface area (Å²) in [6.45, 7) is 4.78. The van der Waals surface area contributed by atoms with Crippen molar-refractivity contribution in [2.24, 2.45) is 0 Å². The Morgan fingerprint density at radius 2 is 0.681 bits per heavy atom. The topological polar surface area (TPSA) is 6.48 Å². The number of anilines is 6. The van der Waals surface area contributed by atoms with E-state index in [0.29, 0.717) is 0 Å². The highest BCUT2D eigenvalue weighted by molar-refractivity contribution is 6.04. The Balaban J connectivity index is 0.993. The zero-order chi connectivity index (χ0) is 46.3. The zero-order valence-electron chi connectivity index (χ0n) is 38.8. The van der Waals surface area contributed by atoms with Gasteiger partial charge in [0.2, 0.25) is 0 Å². The second kappa shape index (κ2) is 17.5. The van der Waals surface area contributed by atoms with Crippen LogP contribution in [0.4, 0.5) is 34.1 Å². The largest absolute Gasteiger partial charge is 0.311 e. The lowest BCUT2D eigenvalue weighted by atomic mass is 9.81. The number of nitrogens with zero attached hydrogens (tertiary/aromatic N) is 2. The van der Waals surface area contributed by atoms with Crippen molar-refractivity contribution < 1.29 is 0 Å². The molecular formula is C67H50N2. The highest BCUT2D eigenvalue weighted by Gasteiger charge is 2.39. The molecule has 0 saturated carbocycles. The molecule has 11 aromatic rings. The number of para-hydroxylation sites is 3. The number of benzene rings is 11. The van der Waals surface area contributed by atoms with Gasteiger partial charge in [-0.1, -0.05) is 202 Å². The van der Waals surface area contributed by atoms with Crippen molar-refractivity contribution in [3.05, 3.63) is 278 Å². The second-order valence-corrected chi connectivity index (χ2v) is 18.5. The fraction of sp³-hybridized carbons (Fsp3) is 0.0448. The number of fused-ring (bicyclic) bond motifs is 5. The minimum atomic E-state index is -0.220. The summed E-state index contributed by atoms with van der Waals surface area (Å²) in [6.07, 6.45) is 0. The first-order valence-electron chi connectivity index (χ1n) is 23.9. The van der Waals surface area contributed by atoms with Gasteiger partial charge in [0.15, 0.2) is 0 Å². The van der Waals surface area contributed by atoms with Gasteiger partial charge in [-0.25, -0.2) is 0 Å². The monoisotopic (exact) mass is 882 g/mol. The first-order valence-corrected chi connectivity index (χ1v) is 23.9. The average Bonchev–Trinajstić information content (AvgIpc) is 3.66. The van der Waals surface area contributed by atoms with Gasteiger partial charge in [0.1, 0.15) is 0 Å². The van der Waals surface area contributed by atoms with E-state index in [2.05, 4.69) is 291 Å². The Morgan fingerprint density at radius 3 is 1.17 bits per heavy atom. The molecule has 0 aromatic heterocycles. The summed E-state index contributed by atoms with van der Waals surface area (Å²) >= 11 is 0. The van der Waals surface area contributed by atoms with E-state index in [-0.39, 0.29) is 5.41 Å². The van der Waals surface area contributed by atoms with Gasteiger partial charge in [0.05, 0.1) is 5.69 Å². The molecule has 11 aromatic carbocycles. The van der Waals surface area contributed by atoms with Crippen LogP contribution < -0.4 is 9.80 Å². The van der Waals surface area contributed by atoms with Crippen LogP contribution in [0.5, 0.6) is 0 Å².